The lowest BCUT2D eigenvalue weighted by Crippen LogP contribution is -2.34. The van der Waals surface area contributed by atoms with Gasteiger partial charge in [-0.15, -0.1) is 0 Å². The van der Waals surface area contributed by atoms with Crippen LogP contribution in [0.3, 0.4) is 0 Å². The predicted octanol–water partition coefficient (Wildman–Crippen LogP) is 6.29. The summed E-state index contributed by atoms with van der Waals surface area (Å²) in [6, 6.07) is 3.82. The van der Waals surface area contributed by atoms with Crippen LogP contribution < -0.4 is 10.1 Å². The molecule has 7 nitrogen and oxygen atoms in total. The van der Waals surface area contributed by atoms with Crippen LogP contribution >= 0.6 is 11.6 Å². The summed E-state index contributed by atoms with van der Waals surface area (Å²) < 4.78 is 96.4. The zero-order valence-corrected chi connectivity index (χ0v) is 24.2. The third kappa shape index (κ3) is 7.45. The molecule has 0 spiro atoms. The van der Waals surface area contributed by atoms with Crippen LogP contribution in [0.5, 0.6) is 5.75 Å². The molecule has 14 heteroatoms. The van der Waals surface area contributed by atoms with Gasteiger partial charge in [-0.25, -0.2) is 8.42 Å². The summed E-state index contributed by atoms with van der Waals surface area (Å²) >= 11 is 6.54. The van der Waals surface area contributed by atoms with Crippen molar-refractivity contribution in [2.75, 3.05) is 12.8 Å². The van der Waals surface area contributed by atoms with Crippen molar-refractivity contribution in [3.8, 4) is 17.0 Å². The summed E-state index contributed by atoms with van der Waals surface area (Å²) in [5.74, 6) is -0.909. The summed E-state index contributed by atoms with van der Waals surface area (Å²) in [6.45, 7) is 0.947. The molecule has 0 atom stereocenters. The van der Waals surface area contributed by atoms with Crippen LogP contribution in [0.15, 0.2) is 18.2 Å². The predicted molar refractivity (Wildman–Crippen MR) is 141 cm³/mol. The normalized spacial score (nSPS) is 18.7. The van der Waals surface area contributed by atoms with Crippen LogP contribution in [0, 0.1) is 11.3 Å². The molecule has 40 heavy (non-hydrogen) atoms. The van der Waals surface area contributed by atoms with Crippen molar-refractivity contribution in [3.63, 3.8) is 0 Å². The molecule has 0 bridgehead atoms. The molecule has 0 aliphatic heterocycles. The first-order valence-electron chi connectivity index (χ1n) is 12.8. The second kappa shape index (κ2) is 12.2. The first-order chi connectivity index (χ1) is 18.4. The lowest BCUT2D eigenvalue weighted by Gasteiger charge is -2.28. The van der Waals surface area contributed by atoms with E-state index in [1.165, 1.54) is 23.1 Å². The van der Waals surface area contributed by atoms with E-state index in [1.54, 1.807) is 6.92 Å². The van der Waals surface area contributed by atoms with Crippen molar-refractivity contribution >= 4 is 27.3 Å². The minimum atomic E-state index is -4.52. The molecule has 1 aromatic carbocycles. The van der Waals surface area contributed by atoms with Crippen molar-refractivity contribution in [3.05, 3.63) is 34.5 Å². The quantitative estimate of drug-likeness (QED) is 0.318. The molecule has 2 aromatic rings. The van der Waals surface area contributed by atoms with Gasteiger partial charge in [-0.1, -0.05) is 31.5 Å². The Morgan fingerprint density at radius 2 is 1.82 bits per heavy atom. The van der Waals surface area contributed by atoms with Crippen molar-refractivity contribution in [2.24, 2.45) is 11.3 Å². The number of carbonyl (C=O) groups excluding carboxylic acids is 1. The number of hydrogen-bond donors (Lipinski definition) is 1. The fraction of sp³-hybridized carbons (Fsp3) is 0.615. The molecule has 0 radical (unpaired) electrons. The molecule has 1 aromatic heterocycles. The van der Waals surface area contributed by atoms with Gasteiger partial charge in [0.05, 0.1) is 21.4 Å². The van der Waals surface area contributed by atoms with Crippen molar-refractivity contribution in [2.45, 2.75) is 77.5 Å². The monoisotopic (exact) mass is 613 g/mol. The summed E-state index contributed by atoms with van der Waals surface area (Å²) in [4.78, 5) is 13.0. The average molecular weight is 614 g/mol. The molecule has 1 N–H and O–H groups in total. The number of sulfone groups is 1. The van der Waals surface area contributed by atoms with Gasteiger partial charge in [0.2, 0.25) is 0 Å². The van der Waals surface area contributed by atoms with E-state index in [9.17, 15) is 35.2 Å². The number of carbonyl (C=O) groups is 1. The number of amides is 1. The Balaban J connectivity index is 1.86. The van der Waals surface area contributed by atoms with E-state index in [2.05, 4.69) is 15.2 Å². The Kier molecular flexibility index (Phi) is 9.81. The van der Waals surface area contributed by atoms with Crippen LogP contribution in [-0.2, 0) is 22.8 Å². The largest absolute Gasteiger partial charge is 0.434 e. The SMILES string of the molecule is CCn1nc(C(=O)NCC2CCC(S(C)(=O)=O)CC2)c(Cl)c1-c1ccc(CC(C)(C)C(F)(F)F)cc1OC(F)F. The maximum atomic E-state index is 13.4. The topological polar surface area (TPSA) is 90.3 Å². The molecule has 1 heterocycles. The Bertz CT molecular complexity index is 1320. The maximum Gasteiger partial charge on any atom is 0.394 e. The number of halogens is 6. The molecule has 224 valence electrons. The van der Waals surface area contributed by atoms with Crippen molar-refractivity contribution in [1.29, 1.82) is 0 Å². The van der Waals surface area contributed by atoms with E-state index in [1.807, 2.05) is 0 Å². The average Bonchev–Trinajstić information content (AvgIpc) is 3.17. The van der Waals surface area contributed by atoms with Gasteiger partial charge in [0.1, 0.15) is 15.6 Å². The highest BCUT2D eigenvalue weighted by Gasteiger charge is 2.47. The van der Waals surface area contributed by atoms with Gasteiger partial charge in [-0.2, -0.15) is 27.1 Å². The smallest absolute Gasteiger partial charge is 0.394 e. The standard InChI is InChI=1S/C26H33ClF5N3O4S/c1-5-35-22(18-11-8-16(12-19(18)39-24(28)29)13-25(2,3)26(30,31)32)20(27)21(34-35)23(36)33-14-15-6-9-17(10-7-15)40(4,37)38/h8,11-12,15,17,24H,5-7,9-10,13-14H2,1-4H3,(H,33,36). The number of aryl methyl sites for hydroxylation is 1. The molecule has 0 saturated heterocycles. The van der Waals surface area contributed by atoms with Crippen LogP contribution in [0.2, 0.25) is 5.02 Å². The summed E-state index contributed by atoms with van der Waals surface area (Å²) in [5, 5.41) is 6.51. The minimum absolute atomic E-state index is 0.0476. The van der Waals surface area contributed by atoms with Gasteiger partial charge in [0.15, 0.2) is 5.69 Å². The maximum absolute atomic E-state index is 13.4. The second-order valence-electron chi connectivity index (χ2n) is 10.8. The highest BCUT2D eigenvalue weighted by molar-refractivity contribution is 7.91. The number of rotatable bonds is 10. The highest BCUT2D eigenvalue weighted by Crippen LogP contribution is 2.43. The zero-order chi connectivity index (χ0) is 30.0. The van der Waals surface area contributed by atoms with Crippen LogP contribution in [-0.4, -0.2) is 54.9 Å². The van der Waals surface area contributed by atoms with Crippen molar-refractivity contribution < 1.29 is 39.9 Å². The lowest BCUT2D eigenvalue weighted by atomic mass is 9.84. The number of nitrogens with one attached hydrogen (secondary N) is 1. The summed E-state index contributed by atoms with van der Waals surface area (Å²) in [6.07, 6.45) is -1.49. The fourth-order valence-electron chi connectivity index (χ4n) is 4.83. The number of aromatic nitrogens is 2. The van der Waals surface area contributed by atoms with Crippen LogP contribution in [0.1, 0.15) is 62.5 Å². The molecule has 0 unspecified atom stereocenters. The van der Waals surface area contributed by atoms with E-state index in [-0.39, 0.29) is 51.8 Å². The van der Waals surface area contributed by atoms with Gasteiger partial charge in [0, 0.05) is 24.9 Å². The first kappa shape index (κ1) is 32.1. The number of hydrogen-bond acceptors (Lipinski definition) is 5. The second-order valence-corrected chi connectivity index (χ2v) is 13.5. The molecule has 1 aliphatic rings. The van der Waals surface area contributed by atoms with Crippen LogP contribution in [0.4, 0.5) is 22.0 Å². The molecular weight excluding hydrogens is 581 g/mol. The molecule has 1 aliphatic carbocycles. The fourth-order valence-corrected chi connectivity index (χ4v) is 6.28. The van der Waals surface area contributed by atoms with Gasteiger partial charge >= 0.3 is 12.8 Å². The zero-order valence-electron chi connectivity index (χ0n) is 22.6. The number of alkyl halides is 5. The van der Waals surface area contributed by atoms with Gasteiger partial charge in [-0.05, 0) is 62.6 Å². The third-order valence-corrected chi connectivity index (χ3v) is 9.33. The Hall–Kier alpha value is -2.41. The Morgan fingerprint density at radius 3 is 2.35 bits per heavy atom. The van der Waals surface area contributed by atoms with Gasteiger partial charge < -0.3 is 10.1 Å². The molecule has 1 fully saturated rings. The molecule has 1 saturated carbocycles. The van der Waals surface area contributed by atoms with E-state index in [0.717, 1.165) is 19.9 Å². The number of ether oxygens (including phenoxy) is 1. The summed E-state index contributed by atoms with van der Waals surface area (Å²) in [5.41, 5.74) is -1.97. The summed E-state index contributed by atoms with van der Waals surface area (Å²) in [7, 11) is -3.11. The lowest BCUT2D eigenvalue weighted by molar-refractivity contribution is -0.211. The van der Waals surface area contributed by atoms with Crippen LogP contribution in [0.25, 0.3) is 11.3 Å². The van der Waals surface area contributed by atoms with Crippen molar-refractivity contribution in [1.82, 2.24) is 15.1 Å². The molecule has 1 amide bonds. The minimum Gasteiger partial charge on any atom is -0.434 e. The third-order valence-electron chi connectivity index (χ3n) is 7.29. The Morgan fingerprint density at radius 1 is 1.20 bits per heavy atom. The van der Waals surface area contributed by atoms with Gasteiger partial charge in [0.25, 0.3) is 5.91 Å². The van der Waals surface area contributed by atoms with E-state index in [4.69, 9.17) is 11.6 Å². The van der Waals surface area contributed by atoms with Gasteiger partial charge in [-0.3, -0.25) is 9.48 Å². The van der Waals surface area contributed by atoms with E-state index in [0.29, 0.717) is 25.7 Å². The number of nitrogens with zero attached hydrogens (tertiary/aromatic N) is 2. The molecule has 3 rings (SSSR count). The highest BCUT2D eigenvalue weighted by atomic mass is 35.5. The first-order valence-corrected chi connectivity index (χ1v) is 15.2. The number of benzene rings is 1. The van der Waals surface area contributed by atoms with E-state index < -0.39 is 46.1 Å². The Labute approximate surface area is 235 Å². The molecular formula is C26H33ClF5N3O4S. The van der Waals surface area contributed by atoms with E-state index >= 15 is 0 Å².